The van der Waals surface area contributed by atoms with Crippen LogP contribution >= 0.6 is 0 Å². The van der Waals surface area contributed by atoms with Gasteiger partial charge in [-0.2, -0.15) is 0 Å². The molecule has 17 heavy (non-hydrogen) atoms. The molecule has 0 saturated carbocycles. The molecule has 0 radical (unpaired) electrons. The first-order chi connectivity index (χ1) is 8.12. The van der Waals surface area contributed by atoms with E-state index in [1.807, 2.05) is 0 Å². The van der Waals surface area contributed by atoms with Gasteiger partial charge in [-0.15, -0.1) is 0 Å². The van der Waals surface area contributed by atoms with Crippen molar-refractivity contribution in [1.29, 1.82) is 0 Å². The van der Waals surface area contributed by atoms with Gasteiger partial charge in [0.2, 0.25) is 0 Å². The lowest BCUT2D eigenvalue weighted by Crippen LogP contribution is -2.45. The van der Waals surface area contributed by atoms with Crippen LogP contribution in [0.1, 0.15) is 24.6 Å². The zero-order valence-electron chi connectivity index (χ0n) is 9.41. The molecule has 0 amide bonds. The molecule has 2 rings (SSSR count). The van der Waals surface area contributed by atoms with Gasteiger partial charge in [0.1, 0.15) is 0 Å². The zero-order chi connectivity index (χ0) is 12.3. The van der Waals surface area contributed by atoms with E-state index in [9.17, 15) is 13.2 Å². The number of alkyl halides is 3. The van der Waals surface area contributed by atoms with Crippen LogP contribution in [-0.4, -0.2) is 21.2 Å². The van der Waals surface area contributed by atoms with E-state index in [0.29, 0.717) is 12.7 Å². The lowest BCUT2D eigenvalue weighted by Gasteiger charge is -2.30. The van der Waals surface area contributed by atoms with Crippen molar-refractivity contribution < 1.29 is 17.6 Å². The van der Waals surface area contributed by atoms with E-state index >= 15 is 0 Å². The number of benzene rings is 1. The van der Waals surface area contributed by atoms with Crippen molar-refractivity contribution >= 4 is 9.04 Å². The Labute approximate surface area is 100 Å². The smallest absolute Gasteiger partial charge is 0.288 e. The maximum absolute atomic E-state index is 14.0. The molecule has 0 aliphatic carbocycles. The summed E-state index contributed by atoms with van der Waals surface area (Å²) in [4.78, 5) is 0. The topological polar surface area (TPSA) is 9.23 Å². The minimum absolute atomic E-state index is 0.0409. The van der Waals surface area contributed by atoms with Crippen LogP contribution in [-0.2, 0) is 4.43 Å². The summed E-state index contributed by atoms with van der Waals surface area (Å²) in [7, 11) is -2.77. The van der Waals surface area contributed by atoms with Crippen molar-refractivity contribution in [2.45, 2.75) is 30.6 Å². The van der Waals surface area contributed by atoms with Crippen LogP contribution in [0.3, 0.4) is 0 Å². The molecule has 1 nitrogen and oxygen atoms in total. The number of halogens is 3. The summed E-state index contributed by atoms with van der Waals surface area (Å²) in [5.41, 5.74) is -3.28. The Kier molecular flexibility index (Phi) is 3.88. The lowest BCUT2D eigenvalue weighted by atomic mass is 10.1. The van der Waals surface area contributed by atoms with Crippen molar-refractivity contribution in [2.24, 2.45) is 0 Å². The largest absolute Gasteiger partial charge is 0.413 e. The summed E-state index contributed by atoms with van der Waals surface area (Å²) in [6.07, 6.45) is -0.700. The first-order valence-corrected chi connectivity index (χ1v) is 7.67. The monoisotopic (exact) mass is 260 g/mol. The fourth-order valence-corrected chi connectivity index (χ4v) is 4.45. The van der Waals surface area contributed by atoms with Gasteiger partial charge in [-0.05, 0) is 18.0 Å². The molecule has 1 aromatic carbocycles. The molecule has 0 spiro atoms. The van der Waals surface area contributed by atoms with Gasteiger partial charge >= 0.3 is 0 Å². The van der Waals surface area contributed by atoms with Gasteiger partial charge in [0.25, 0.3) is 14.6 Å². The summed E-state index contributed by atoms with van der Waals surface area (Å²) in [5, 5.41) is 0. The quantitative estimate of drug-likeness (QED) is 0.757. The van der Waals surface area contributed by atoms with Gasteiger partial charge in [0.15, 0.2) is 6.17 Å². The molecule has 1 fully saturated rings. The minimum Gasteiger partial charge on any atom is -0.413 e. The molecule has 5 heteroatoms. The Morgan fingerprint density at radius 3 is 2.47 bits per heavy atom. The Morgan fingerprint density at radius 1 is 1.18 bits per heavy atom. The number of rotatable bonds is 3. The van der Waals surface area contributed by atoms with Crippen molar-refractivity contribution in [3.63, 3.8) is 0 Å². The molecule has 1 aliphatic rings. The average Bonchev–Trinajstić information content (AvgIpc) is 2.40. The first kappa shape index (κ1) is 12.6. The maximum Gasteiger partial charge on any atom is 0.288 e. The molecule has 0 aromatic heterocycles. The Bertz CT molecular complexity index is 352. The maximum atomic E-state index is 14.0. The molecule has 1 aliphatic heterocycles. The third-order valence-electron chi connectivity index (χ3n) is 3.04. The van der Waals surface area contributed by atoms with Gasteiger partial charge in [0, 0.05) is 6.61 Å². The zero-order valence-corrected chi connectivity index (χ0v) is 10.6. The van der Waals surface area contributed by atoms with E-state index in [1.165, 1.54) is 12.1 Å². The fraction of sp³-hybridized carbons (Fsp3) is 0.500. The molecule has 1 saturated heterocycles. The molecule has 0 N–H and O–H groups in total. The Morgan fingerprint density at radius 2 is 1.88 bits per heavy atom. The third kappa shape index (κ3) is 2.72. The van der Waals surface area contributed by atoms with Crippen molar-refractivity contribution in [3.8, 4) is 0 Å². The first-order valence-electron chi connectivity index (χ1n) is 5.81. The van der Waals surface area contributed by atoms with Crippen LogP contribution in [0.5, 0.6) is 0 Å². The highest BCUT2D eigenvalue weighted by molar-refractivity contribution is 6.55. The summed E-state index contributed by atoms with van der Waals surface area (Å²) in [6.45, 7) is 0.355. The van der Waals surface area contributed by atoms with E-state index < -0.39 is 20.8 Å². The van der Waals surface area contributed by atoms with Crippen LogP contribution in [0.4, 0.5) is 13.2 Å². The predicted octanol–water partition coefficient (Wildman–Crippen LogP) is 3.41. The Balaban J connectivity index is 2.13. The second-order valence-electron chi connectivity index (χ2n) is 4.30. The van der Waals surface area contributed by atoms with Gasteiger partial charge in [-0.25, -0.2) is 13.2 Å². The average molecular weight is 260 g/mol. The van der Waals surface area contributed by atoms with Gasteiger partial charge in [-0.3, -0.25) is 0 Å². The van der Waals surface area contributed by atoms with Crippen LogP contribution in [0, 0.1) is 0 Å². The van der Waals surface area contributed by atoms with E-state index in [1.54, 1.807) is 18.2 Å². The second-order valence-corrected chi connectivity index (χ2v) is 6.96. The minimum atomic E-state index is -3.32. The third-order valence-corrected chi connectivity index (χ3v) is 5.76. The van der Waals surface area contributed by atoms with E-state index in [-0.39, 0.29) is 5.56 Å². The van der Waals surface area contributed by atoms with Crippen LogP contribution in [0.15, 0.2) is 30.3 Å². The summed E-state index contributed by atoms with van der Waals surface area (Å²) in [6, 6.07) is 7.98. The standard InChI is InChI=1S/C12H15F3OSi/c13-11(10-6-2-1-3-7-10)12(14,15)17-9-5-4-8-16-17/h1-3,6-7,11,17H,4-5,8-9H2. The normalized spacial score (nSPS) is 23.4. The molecular weight excluding hydrogens is 245 g/mol. The summed E-state index contributed by atoms with van der Waals surface area (Å²) >= 11 is 0. The fourth-order valence-electron chi connectivity index (χ4n) is 2.05. The van der Waals surface area contributed by atoms with Gasteiger partial charge < -0.3 is 4.43 Å². The summed E-state index contributed by atoms with van der Waals surface area (Å²) in [5.74, 6) is 0. The van der Waals surface area contributed by atoms with E-state index in [4.69, 9.17) is 4.43 Å². The molecule has 2 atom stereocenters. The highest BCUT2D eigenvalue weighted by Crippen LogP contribution is 2.39. The molecule has 1 aromatic rings. The SMILES string of the molecule is FC(c1ccccc1)C(F)(F)[SiH]1CCCCO1. The van der Waals surface area contributed by atoms with E-state index in [0.717, 1.165) is 12.8 Å². The van der Waals surface area contributed by atoms with Crippen LogP contribution in [0.25, 0.3) is 0 Å². The Hall–Kier alpha value is -0.813. The highest BCUT2D eigenvalue weighted by atomic mass is 28.3. The van der Waals surface area contributed by atoms with Crippen molar-refractivity contribution in [3.05, 3.63) is 35.9 Å². The highest BCUT2D eigenvalue weighted by Gasteiger charge is 2.51. The molecule has 0 bridgehead atoms. The number of hydrogen-bond donors (Lipinski definition) is 0. The van der Waals surface area contributed by atoms with Gasteiger partial charge in [0.05, 0.1) is 0 Å². The molecular formula is C12H15F3OSi. The van der Waals surface area contributed by atoms with E-state index in [2.05, 4.69) is 0 Å². The summed E-state index contributed by atoms with van der Waals surface area (Å²) < 4.78 is 46.9. The lowest BCUT2D eigenvalue weighted by molar-refractivity contribution is -0.0213. The number of hydrogen-bond acceptors (Lipinski definition) is 1. The van der Waals surface area contributed by atoms with Crippen molar-refractivity contribution in [2.75, 3.05) is 6.61 Å². The van der Waals surface area contributed by atoms with Crippen molar-refractivity contribution in [1.82, 2.24) is 0 Å². The van der Waals surface area contributed by atoms with Crippen LogP contribution in [0.2, 0.25) is 6.04 Å². The van der Waals surface area contributed by atoms with Crippen LogP contribution < -0.4 is 0 Å². The second kappa shape index (κ2) is 5.22. The predicted molar refractivity (Wildman–Crippen MR) is 62.4 cm³/mol. The molecule has 2 unspecified atom stereocenters. The van der Waals surface area contributed by atoms with Gasteiger partial charge in [-0.1, -0.05) is 36.8 Å². The molecule has 1 heterocycles. The molecule has 94 valence electrons.